The molecule has 2 heterocycles. The Labute approximate surface area is 132 Å². The van der Waals surface area contributed by atoms with Crippen molar-refractivity contribution in [2.45, 2.75) is 22.2 Å². The second kappa shape index (κ2) is 7.47. The van der Waals surface area contributed by atoms with Gasteiger partial charge >= 0.3 is 5.97 Å². The van der Waals surface area contributed by atoms with E-state index in [9.17, 15) is 4.79 Å². The van der Waals surface area contributed by atoms with Crippen LogP contribution >= 0.6 is 36.0 Å². The highest BCUT2D eigenvalue weighted by atomic mass is 35.5. The van der Waals surface area contributed by atoms with Gasteiger partial charge in [-0.25, -0.2) is 0 Å². The van der Waals surface area contributed by atoms with E-state index in [0.29, 0.717) is 0 Å². The first-order valence-electron chi connectivity index (χ1n) is 6.35. The van der Waals surface area contributed by atoms with E-state index in [0.717, 1.165) is 0 Å². The molecule has 2 fully saturated rings. The fourth-order valence-corrected chi connectivity index (χ4v) is 3.20. The molecule has 0 radical (unpaired) electrons. The minimum absolute atomic E-state index is 0.114. The smallest absolute Gasteiger partial charge is 0.323 e. The first-order chi connectivity index (χ1) is 10.1. The fraction of sp³-hybridized carbons (Fsp3) is 0.889. The Morgan fingerprint density at radius 3 is 3.10 bits per heavy atom. The molecular weight excluding hydrogens is 328 g/mol. The average molecular weight is 346 g/mol. The van der Waals surface area contributed by atoms with Gasteiger partial charge < -0.3 is 19.9 Å². The molecule has 0 saturated carbocycles. The third-order valence-electron chi connectivity index (χ3n) is 2.57. The largest absolute Gasteiger partial charge is 0.462 e. The van der Waals surface area contributed by atoms with Crippen LogP contribution in [0.15, 0.2) is 0 Å². The van der Waals surface area contributed by atoms with Crippen LogP contribution in [0.1, 0.15) is 0 Å². The molecule has 8 nitrogen and oxygen atoms in total. The number of hydrogen-bond acceptors (Lipinski definition) is 10. The first-order valence-corrected chi connectivity index (χ1v) is 7.80. The number of rotatable bonds is 8. The molecule has 0 aromatic heterocycles. The number of esters is 1. The number of halogens is 1. The predicted molar refractivity (Wildman–Crippen MR) is 77.8 cm³/mol. The number of thioether (sulfide) groups is 1. The Hall–Kier alpha value is 0.220. The molecule has 2 aliphatic rings. The maximum atomic E-state index is 11.9. The van der Waals surface area contributed by atoms with Crippen molar-refractivity contribution in [2.75, 3.05) is 25.9 Å². The van der Waals surface area contributed by atoms with Crippen LogP contribution < -0.4 is 21.7 Å². The van der Waals surface area contributed by atoms with Gasteiger partial charge in [-0.05, 0) is 0 Å². The molecular formula is C9H17ClN4O4S2. The lowest BCUT2D eigenvalue weighted by Crippen LogP contribution is -2.71. The molecule has 20 heavy (non-hydrogen) atoms. The summed E-state index contributed by atoms with van der Waals surface area (Å²) >= 11 is 11.2. The number of ether oxygens (including phenoxy) is 3. The van der Waals surface area contributed by atoms with Crippen LogP contribution in [0.3, 0.4) is 0 Å². The molecule has 11 heteroatoms. The van der Waals surface area contributed by atoms with Crippen LogP contribution in [-0.2, 0) is 19.0 Å². The van der Waals surface area contributed by atoms with Crippen molar-refractivity contribution >= 4 is 42.0 Å². The Bertz CT molecular complexity index is 375. The summed E-state index contributed by atoms with van der Waals surface area (Å²) in [6.07, 6.45) is -0.513. The summed E-state index contributed by atoms with van der Waals surface area (Å²) in [7, 11) is 0. The maximum Gasteiger partial charge on any atom is 0.323 e. The maximum absolute atomic E-state index is 11.9. The van der Waals surface area contributed by atoms with Crippen LogP contribution in [0.4, 0.5) is 0 Å². The van der Waals surface area contributed by atoms with Crippen LogP contribution in [0.25, 0.3) is 0 Å². The first kappa shape index (κ1) is 15.1. The molecule has 2 saturated heterocycles. The second-order valence-corrected chi connectivity index (χ2v) is 6.06. The number of nitrogens with two attached hydrogens (primary N) is 1. The third-order valence-corrected chi connectivity index (χ3v) is 4.36. The van der Waals surface area contributed by atoms with Crippen molar-refractivity contribution in [1.82, 2.24) is 16.0 Å². The van der Waals surface area contributed by atoms with E-state index in [2.05, 4.69) is 34.3 Å². The Morgan fingerprint density at radius 2 is 2.35 bits per heavy atom. The lowest BCUT2D eigenvalue weighted by molar-refractivity contribution is -0.146. The van der Waals surface area contributed by atoms with E-state index in [1.54, 1.807) is 0 Å². The number of carbonyl (C=O) groups is 1. The molecule has 0 bridgehead atoms. The fourth-order valence-electron chi connectivity index (χ4n) is 1.69. The van der Waals surface area contributed by atoms with E-state index < -0.39 is 22.2 Å². The van der Waals surface area contributed by atoms with E-state index in [4.69, 9.17) is 27.2 Å². The number of thiol groups is 1. The molecule has 116 valence electrons. The summed E-state index contributed by atoms with van der Waals surface area (Å²) < 4.78 is 22.2. The number of nitrogens with one attached hydrogen (secondary N) is 3. The van der Waals surface area contributed by atoms with E-state index in [1.807, 2.05) is 0 Å². The van der Waals surface area contributed by atoms with Gasteiger partial charge in [-0.1, -0.05) is 11.6 Å². The monoisotopic (exact) mass is 345 g/mol. The minimum Gasteiger partial charge on any atom is -0.462 e. The van der Waals surface area contributed by atoms with E-state index in [1.165, 1.54) is 11.8 Å². The van der Waals surface area contributed by atoms with Gasteiger partial charge in [0.1, 0.15) is 37.0 Å². The SMILES string of the molecule is [2H]NC1NC(Cl)NC2(N1)SC2C(=O)OCCOCOCS. The van der Waals surface area contributed by atoms with Gasteiger partial charge in [0.15, 0.2) is 0 Å². The van der Waals surface area contributed by atoms with Gasteiger partial charge in [0.2, 0.25) is 0 Å². The molecule has 0 aromatic carbocycles. The van der Waals surface area contributed by atoms with Crippen molar-refractivity contribution in [3.05, 3.63) is 0 Å². The predicted octanol–water partition coefficient (Wildman–Crippen LogP) is -1.28. The zero-order valence-corrected chi connectivity index (χ0v) is 12.9. The van der Waals surface area contributed by atoms with Gasteiger partial charge in [-0.15, -0.1) is 11.8 Å². The van der Waals surface area contributed by atoms with Gasteiger partial charge in [-0.2, -0.15) is 12.6 Å². The molecule has 5 N–H and O–H groups in total. The van der Waals surface area contributed by atoms with Crippen molar-refractivity contribution in [2.24, 2.45) is 5.73 Å². The Balaban J connectivity index is 1.68. The van der Waals surface area contributed by atoms with E-state index in [-0.39, 0.29) is 31.9 Å². The van der Waals surface area contributed by atoms with Gasteiger partial charge in [-0.3, -0.25) is 20.7 Å². The van der Waals surface area contributed by atoms with Crippen LogP contribution in [0, 0.1) is 0 Å². The summed E-state index contributed by atoms with van der Waals surface area (Å²) in [4.78, 5) is 11.2. The highest BCUT2D eigenvalue weighted by molar-refractivity contribution is 8.09. The summed E-state index contributed by atoms with van der Waals surface area (Å²) in [5.74, 6) is -0.0924. The minimum atomic E-state index is -0.705. The van der Waals surface area contributed by atoms with E-state index >= 15 is 0 Å². The molecule has 2 rings (SSSR count). The van der Waals surface area contributed by atoms with Gasteiger partial charge in [0, 0.05) is 0 Å². The molecule has 4 unspecified atom stereocenters. The van der Waals surface area contributed by atoms with Gasteiger partial charge in [0.05, 0.1) is 12.5 Å². The number of carbonyl (C=O) groups excluding carboxylic acids is 1. The van der Waals surface area contributed by atoms with Crippen LogP contribution in [0.5, 0.6) is 0 Å². The van der Waals surface area contributed by atoms with Gasteiger partial charge in [0.25, 0.3) is 0 Å². The summed E-state index contributed by atoms with van der Waals surface area (Å²) in [5.41, 5.74) is 1.70. The quantitative estimate of drug-likeness (QED) is 0.0699. The Morgan fingerprint density at radius 1 is 1.50 bits per heavy atom. The molecule has 0 aromatic rings. The van der Waals surface area contributed by atoms with Crippen molar-refractivity contribution in [1.29, 1.82) is 0 Å². The van der Waals surface area contributed by atoms with Crippen molar-refractivity contribution in [3.63, 3.8) is 0 Å². The molecule has 2 aliphatic heterocycles. The number of hydrogen-bond donors (Lipinski definition) is 5. The van der Waals surface area contributed by atoms with Crippen LogP contribution in [0.2, 0.25) is 1.41 Å². The second-order valence-electron chi connectivity index (χ2n) is 4.01. The molecule has 0 amide bonds. The lowest BCUT2D eigenvalue weighted by Gasteiger charge is -2.33. The lowest BCUT2D eigenvalue weighted by atomic mass is 10.3. The third kappa shape index (κ3) is 4.36. The average Bonchev–Trinajstić information content (AvgIpc) is 3.14. The van der Waals surface area contributed by atoms with Crippen LogP contribution in [-0.4, -0.2) is 54.1 Å². The molecule has 1 spiro atoms. The summed E-state index contributed by atoms with van der Waals surface area (Å²) in [5, 5.41) is 8.44. The highest BCUT2D eigenvalue weighted by Gasteiger charge is 2.63. The molecule has 4 atom stereocenters. The number of alkyl halides is 1. The normalized spacial score (nSPS) is 36.7. The summed E-state index contributed by atoms with van der Waals surface area (Å²) in [6.45, 7) is 0.509. The topological polar surface area (TPSA) is 107 Å². The molecule has 0 aliphatic carbocycles. The zero-order chi connectivity index (χ0) is 15.3. The summed E-state index contributed by atoms with van der Waals surface area (Å²) in [6, 6.07) is 0. The van der Waals surface area contributed by atoms with Crippen molar-refractivity contribution in [3.8, 4) is 0 Å². The Kier molecular flexibility index (Phi) is 5.65. The highest BCUT2D eigenvalue weighted by Crippen LogP contribution is 2.51. The zero-order valence-electron chi connectivity index (χ0n) is 11.4. The van der Waals surface area contributed by atoms with Crippen molar-refractivity contribution < 1.29 is 20.4 Å². The standard InChI is InChI=1S/C9H17ClN4O4S2/c10-7-12-8(11)14-9(13-7)5(20-9)6(15)18-2-1-16-3-17-4-19/h5,7-8,12-14,19H,1-4,11H2/i/hD.